The van der Waals surface area contributed by atoms with Crippen LogP contribution >= 0.6 is 15.9 Å². The minimum absolute atomic E-state index is 0.363. The number of nitrogens with one attached hydrogen (secondary N) is 4. The third-order valence-electron chi connectivity index (χ3n) is 3.01. The fraction of sp³-hybridized carbons (Fsp3) is 1.00. The van der Waals surface area contributed by atoms with Crippen LogP contribution in [0.3, 0.4) is 0 Å². The fourth-order valence-corrected chi connectivity index (χ4v) is 2.03. The van der Waals surface area contributed by atoms with Crippen LogP contribution in [0.4, 0.5) is 0 Å². The Morgan fingerprint density at radius 1 is 0.737 bits per heavy atom. The molecule has 6 heteroatoms. The maximum Gasteiger partial charge on any atom is 0.138 e. The minimum Gasteiger partial charge on any atom is -0.358 e. The summed E-state index contributed by atoms with van der Waals surface area (Å²) in [6, 6.07) is 0. The maximum absolute atomic E-state index is 4.83. The highest BCUT2D eigenvalue weighted by atomic mass is 79.9. The predicted molar refractivity (Wildman–Crippen MR) is 84.0 cm³/mol. The first kappa shape index (κ1) is 17.3. The predicted octanol–water partition coefficient (Wildman–Crippen LogP) is 0.265. The van der Waals surface area contributed by atoms with Crippen molar-refractivity contribution >= 4 is 15.9 Å². The van der Waals surface area contributed by atoms with E-state index in [4.69, 9.17) is 4.74 Å². The second-order valence-electron chi connectivity index (χ2n) is 4.90. The van der Waals surface area contributed by atoms with Crippen molar-refractivity contribution in [3.05, 3.63) is 0 Å². The molecule has 0 aromatic carbocycles. The lowest BCUT2D eigenvalue weighted by atomic mass is 10.3. The van der Waals surface area contributed by atoms with Gasteiger partial charge in [0.1, 0.15) is 5.01 Å². The van der Waals surface area contributed by atoms with Crippen molar-refractivity contribution in [2.75, 3.05) is 52.4 Å². The van der Waals surface area contributed by atoms with Crippen LogP contribution < -0.4 is 21.3 Å². The van der Waals surface area contributed by atoms with Crippen molar-refractivity contribution in [1.82, 2.24) is 21.3 Å². The Hall–Kier alpha value is 0.280. The molecule has 2 fully saturated rings. The third-order valence-corrected chi connectivity index (χ3v) is 3.97. The summed E-state index contributed by atoms with van der Waals surface area (Å²) >= 11 is 3.23. The second-order valence-corrected chi connectivity index (χ2v) is 5.80. The molecule has 2 heterocycles. The van der Waals surface area contributed by atoms with Crippen LogP contribution in [0.1, 0.15) is 19.8 Å². The molecule has 0 aliphatic carbocycles. The van der Waals surface area contributed by atoms with Crippen molar-refractivity contribution in [2.24, 2.45) is 0 Å². The Morgan fingerprint density at radius 3 is 1.21 bits per heavy atom. The van der Waals surface area contributed by atoms with Crippen LogP contribution in [0.15, 0.2) is 0 Å². The molecule has 0 aromatic rings. The molecule has 5 nitrogen and oxygen atoms in total. The molecule has 0 aromatic heterocycles. The van der Waals surface area contributed by atoms with Gasteiger partial charge in [0.25, 0.3) is 0 Å². The lowest BCUT2D eigenvalue weighted by Crippen LogP contribution is -2.34. The van der Waals surface area contributed by atoms with Gasteiger partial charge in [-0.15, -0.1) is 0 Å². The summed E-state index contributed by atoms with van der Waals surface area (Å²) in [6.07, 6.45) is 2.91. The van der Waals surface area contributed by atoms with Gasteiger partial charge in [-0.3, -0.25) is 0 Å². The summed E-state index contributed by atoms with van der Waals surface area (Å²) in [5.41, 5.74) is 0. The van der Waals surface area contributed by atoms with Gasteiger partial charge in [-0.2, -0.15) is 0 Å². The van der Waals surface area contributed by atoms with Gasteiger partial charge in [0.05, 0.1) is 6.10 Å². The van der Waals surface area contributed by atoms with Crippen LogP contribution in [0.2, 0.25) is 0 Å². The molecule has 0 saturated carbocycles. The van der Waals surface area contributed by atoms with Gasteiger partial charge in [0, 0.05) is 26.2 Å². The van der Waals surface area contributed by atoms with E-state index in [1.54, 1.807) is 0 Å². The number of rotatable bonds is 0. The van der Waals surface area contributed by atoms with E-state index in [9.17, 15) is 0 Å². The topological polar surface area (TPSA) is 60.6 Å². The molecule has 4 N–H and O–H groups in total. The molecule has 0 amide bonds. The van der Waals surface area contributed by atoms with Gasteiger partial charge in [-0.05, 0) is 45.9 Å². The summed E-state index contributed by atoms with van der Waals surface area (Å²) < 4.78 is 4.83. The Balaban J connectivity index is 0.000000300. The zero-order valence-corrected chi connectivity index (χ0v) is 13.6. The van der Waals surface area contributed by atoms with Crippen molar-refractivity contribution in [3.8, 4) is 0 Å². The van der Waals surface area contributed by atoms with Crippen LogP contribution in [-0.4, -0.2) is 63.5 Å². The standard InChI is InChI=1S/C10H24N4.C3H5BrO/c1-3-11-7-9-13-5-2-6-14-10-8-12-4-1;1-2-3(4)5-2/h11-14H,1-10H2;2-3H,1H3. The second kappa shape index (κ2) is 12.1. The third kappa shape index (κ3) is 11.8. The van der Waals surface area contributed by atoms with Crippen molar-refractivity contribution in [2.45, 2.75) is 30.9 Å². The van der Waals surface area contributed by atoms with E-state index in [0.717, 1.165) is 52.4 Å². The van der Waals surface area contributed by atoms with E-state index >= 15 is 0 Å². The van der Waals surface area contributed by atoms with Crippen LogP contribution in [-0.2, 0) is 4.74 Å². The van der Waals surface area contributed by atoms with Gasteiger partial charge in [-0.1, -0.05) is 15.9 Å². The highest BCUT2D eigenvalue weighted by Crippen LogP contribution is 2.25. The van der Waals surface area contributed by atoms with Crippen molar-refractivity contribution in [1.29, 1.82) is 0 Å². The largest absolute Gasteiger partial charge is 0.358 e. The molecule has 0 radical (unpaired) electrons. The first-order valence-electron chi connectivity index (χ1n) is 7.43. The normalized spacial score (nSPS) is 30.6. The first-order valence-corrected chi connectivity index (χ1v) is 8.34. The van der Waals surface area contributed by atoms with Crippen LogP contribution in [0, 0.1) is 0 Å². The average molecular weight is 337 g/mol. The SMILES string of the molecule is C1CNCCNCCCNCCNC1.CC1OC1Br. The van der Waals surface area contributed by atoms with Crippen LogP contribution in [0.5, 0.6) is 0 Å². The summed E-state index contributed by atoms with van der Waals surface area (Å²) in [7, 11) is 0. The van der Waals surface area contributed by atoms with E-state index in [0.29, 0.717) is 11.1 Å². The summed E-state index contributed by atoms with van der Waals surface area (Å²) in [5.74, 6) is 0. The first-order chi connectivity index (χ1) is 9.30. The molecule has 0 spiro atoms. The molecule has 2 unspecified atom stereocenters. The van der Waals surface area contributed by atoms with Crippen LogP contribution in [0.25, 0.3) is 0 Å². The smallest absolute Gasteiger partial charge is 0.138 e. The van der Waals surface area contributed by atoms with Crippen molar-refractivity contribution in [3.63, 3.8) is 0 Å². The highest BCUT2D eigenvalue weighted by Gasteiger charge is 2.30. The zero-order chi connectivity index (χ0) is 13.8. The number of halogens is 1. The lowest BCUT2D eigenvalue weighted by molar-refractivity contribution is 0.415. The summed E-state index contributed by atoms with van der Waals surface area (Å²) in [5, 5.41) is 14.0. The summed E-state index contributed by atoms with van der Waals surface area (Å²) in [6.45, 7) is 10.9. The molecule has 0 bridgehead atoms. The van der Waals surface area contributed by atoms with Crippen molar-refractivity contribution < 1.29 is 4.74 Å². The molecular weight excluding hydrogens is 308 g/mol. The molecule has 19 heavy (non-hydrogen) atoms. The number of alkyl halides is 1. The van der Waals surface area contributed by atoms with Gasteiger partial charge >= 0.3 is 0 Å². The van der Waals surface area contributed by atoms with E-state index in [-0.39, 0.29) is 0 Å². The molecular formula is C13H29BrN4O. The van der Waals surface area contributed by atoms with Gasteiger partial charge in [0.2, 0.25) is 0 Å². The number of hydrogen-bond acceptors (Lipinski definition) is 5. The quantitative estimate of drug-likeness (QED) is 0.378. The zero-order valence-electron chi connectivity index (χ0n) is 12.0. The molecule has 114 valence electrons. The van der Waals surface area contributed by atoms with E-state index in [1.807, 2.05) is 6.92 Å². The van der Waals surface area contributed by atoms with E-state index in [1.165, 1.54) is 12.8 Å². The number of hydrogen-bond donors (Lipinski definition) is 4. The maximum atomic E-state index is 4.83. The molecule has 2 atom stereocenters. The Morgan fingerprint density at radius 2 is 1.00 bits per heavy atom. The lowest BCUT2D eigenvalue weighted by Gasteiger charge is -2.10. The van der Waals surface area contributed by atoms with Gasteiger partial charge < -0.3 is 26.0 Å². The Labute approximate surface area is 125 Å². The minimum atomic E-state index is 0.363. The molecule has 2 rings (SSSR count). The molecule has 2 aliphatic heterocycles. The average Bonchev–Trinajstić information content (AvgIpc) is 3.06. The monoisotopic (exact) mass is 336 g/mol. The number of ether oxygens (including phenoxy) is 1. The number of epoxide rings is 1. The van der Waals surface area contributed by atoms with Gasteiger partial charge in [-0.25, -0.2) is 0 Å². The van der Waals surface area contributed by atoms with Gasteiger partial charge in [0.15, 0.2) is 0 Å². The molecule has 2 aliphatic rings. The Kier molecular flexibility index (Phi) is 11.0. The summed E-state index contributed by atoms with van der Waals surface area (Å²) in [4.78, 5) is 0. The Bertz CT molecular complexity index is 150. The fourth-order valence-electron chi connectivity index (χ4n) is 1.69. The van der Waals surface area contributed by atoms with E-state index in [2.05, 4.69) is 37.2 Å². The van der Waals surface area contributed by atoms with E-state index < -0.39 is 0 Å². The highest BCUT2D eigenvalue weighted by molar-refractivity contribution is 9.09. The molecule has 2 saturated heterocycles.